The van der Waals surface area contributed by atoms with Crippen molar-refractivity contribution >= 4 is 0 Å². The first-order valence-electron chi connectivity index (χ1n) is 5.98. The zero-order valence-corrected chi connectivity index (χ0v) is 11.2. The maximum absolute atomic E-state index is 9.10. The first-order chi connectivity index (χ1) is 8.44. The lowest BCUT2D eigenvalue weighted by atomic mass is 9.95. The van der Waals surface area contributed by atoms with Crippen LogP contribution in [0.1, 0.15) is 30.8 Å². The van der Waals surface area contributed by atoms with Crippen LogP contribution in [-0.4, -0.2) is 9.97 Å². The molecule has 0 spiro atoms. The van der Waals surface area contributed by atoms with E-state index in [4.69, 9.17) is 5.26 Å². The van der Waals surface area contributed by atoms with E-state index >= 15 is 0 Å². The van der Waals surface area contributed by atoms with Crippen LogP contribution in [-0.2, 0) is 5.41 Å². The molecule has 2 aromatic rings. The van der Waals surface area contributed by atoms with Crippen LogP contribution in [0.5, 0.6) is 0 Å². The van der Waals surface area contributed by atoms with Crippen molar-refractivity contribution in [3.05, 3.63) is 41.3 Å². The molecule has 0 radical (unpaired) electrons. The summed E-state index contributed by atoms with van der Waals surface area (Å²) in [5, 5.41) is 9.10. The standard InChI is InChI=1S/C15H17N3/c1-10-5-6-12(7-11(10)2)13-8-17-14(18-13)15(3,4)9-16/h5-8H,1-4H3,(H,17,18). The number of imidazole rings is 1. The predicted octanol–water partition coefficient (Wildman–Crippen LogP) is 3.49. The highest BCUT2D eigenvalue weighted by atomic mass is 14.9. The van der Waals surface area contributed by atoms with Gasteiger partial charge in [0.25, 0.3) is 0 Å². The van der Waals surface area contributed by atoms with E-state index in [-0.39, 0.29) is 0 Å². The van der Waals surface area contributed by atoms with E-state index in [0.29, 0.717) is 5.82 Å². The van der Waals surface area contributed by atoms with E-state index in [9.17, 15) is 0 Å². The number of H-pyrrole nitrogens is 1. The molecule has 92 valence electrons. The fraction of sp³-hybridized carbons (Fsp3) is 0.333. The molecule has 0 saturated heterocycles. The molecule has 1 heterocycles. The number of rotatable bonds is 2. The lowest BCUT2D eigenvalue weighted by Crippen LogP contribution is -2.15. The summed E-state index contributed by atoms with van der Waals surface area (Å²) in [5.41, 5.74) is 4.00. The SMILES string of the molecule is Cc1ccc(-c2cnc(C(C)(C)C#N)[nH]2)cc1C. The van der Waals surface area contributed by atoms with Gasteiger partial charge in [-0.05, 0) is 50.5 Å². The summed E-state index contributed by atoms with van der Waals surface area (Å²) < 4.78 is 0. The van der Waals surface area contributed by atoms with Gasteiger partial charge in [-0.15, -0.1) is 0 Å². The molecular formula is C15H17N3. The van der Waals surface area contributed by atoms with Crippen molar-refractivity contribution in [3.63, 3.8) is 0 Å². The van der Waals surface area contributed by atoms with Crippen LogP contribution in [0, 0.1) is 25.2 Å². The van der Waals surface area contributed by atoms with Crippen LogP contribution in [0.15, 0.2) is 24.4 Å². The first kappa shape index (κ1) is 12.4. The molecule has 3 nitrogen and oxygen atoms in total. The van der Waals surface area contributed by atoms with Crippen LogP contribution in [0.25, 0.3) is 11.3 Å². The smallest absolute Gasteiger partial charge is 0.126 e. The van der Waals surface area contributed by atoms with Crippen molar-refractivity contribution in [3.8, 4) is 17.3 Å². The summed E-state index contributed by atoms with van der Waals surface area (Å²) in [6, 6.07) is 8.55. The molecule has 0 aliphatic rings. The molecule has 0 amide bonds. The summed E-state index contributed by atoms with van der Waals surface area (Å²) in [6.45, 7) is 7.90. The average molecular weight is 239 g/mol. The molecular weight excluding hydrogens is 222 g/mol. The number of aryl methyl sites for hydroxylation is 2. The van der Waals surface area contributed by atoms with Gasteiger partial charge in [-0.25, -0.2) is 4.98 Å². The second-order valence-corrected chi connectivity index (χ2v) is 5.18. The highest BCUT2D eigenvalue weighted by Crippen LogP contribution is 2.24. The molecule has 3 heteroatoms. The number of aromatic nitrogens is 2. The van der Waals surface area contributed by atoms with Gasteiger partial charge < -0.3 is 4.98 Å². The summed E-state index contributed by atoms with van der Waals surface area (Å²) in [5.74, 6) is 0.707. The van der Waals surface area contributed by atoms with E-state index in [2.05, 4.69) is 48.1 Å². The summed E-state index contributed by atoms with van der Waals surface area (Å²) in [4.78, 5) is 7.54. The molecule has 0 fully saturated rings. The molecule has 2 rings (SSSR count). The van der Waals surface area contributed by atoms with E-state index < -0.39 is 5.41 Å². The maximum Gasteiger partial charge on any atom is 0.126 e. The van der Waals surface area contributed by atoms with Crippen molar-refractivity contribution < 1.29 is 0 Å². The monoisotopic (exact) mass is 239 g/mol. The number of nitrogens with one attached hydrogen (secondary N) is 1. The lowest BCUT2D eigenvalue weighted by Gasteiger charge is -2.10. The van der Waals surface area contributed by atoms with E-state index in [1.807, 2.05) is 13.8 Å². The minimum Gasteiger partial charge on any atom is -0.341 e. The van der Waals surface area contributed by atoms with Crippen molar-refractivity contribution in [2.75, 3.05) is 0 Å². The Hall–Kier alpha value is -2.08. The highest BCUT2D eigenvalue weighted by Gasteiger charge is 2.23. The largest absolute Gasteiger partial charge is 0.341 e. The van der Waals surface area contributed by atoms with Crippen molar-refractivity contribution in [2.24, 2.45) is 0 Å². The Morgan fingerprint density at radius 2 is 1.94 bits per heavy atom. The Morgan fingerprint density at radius 1 is 1.22 bits per heavy atom. The van der Waals surface area contributed by atoms with Gasteiger partial charge in [-0.3, -0.25) is 0 Å². The molecule has 1 aromatic carbocycles. The number of nitrogens with zero attached hydrogens (tertiary/aromatic N) is 2. The average Bonchev–Trinajstić information content (AvgIpc) is 2.83. The third kappa shape index (κ3) is 2.14. The van der Waals surface area contributed by atoms with Crippen LogP contribution in [0.3, 0.4) is 0 Å². The zero-order valence-electron chi connectivity index (χ0n) is 11.2. The van der Waals surface area contributed by atoms with Crippen LogP contribution in [0.2, 0.25) is 0 Å². The molecule has 0 aliphatic carbocycles. The van der Waals surface area contributed by atoms with E-state index in [1.165, 1.54) is 11.1 Å². The summed E-state index contributed by atoms with van der Waals surface area (Å²) >= 11 is 0. The van der Waals surface area contributed by atoms with E-state index in [0.717, 1.165) is 11.3 Å². The highest BCUT2D eigenvalue weighted by molar-refractivity contribution is 5.60. The fourth-order valence-electron chi connectivity index (χ4n) is 1.75. The Morgan fingerprint density at radius 3 is 2.56 bits per heavy atom. The van der Waals surface area contributed by atoms with Gasteiger partial charge in [0.2, 0.25) is 0 Å². The molecule has 1 aromatic heterocycles. The minimum absolute atomic E-state index is 0.585. The molecule has 18 heavy (non-hydrogen) atoms. The van der Waals surface area contributed by atoms with Crippen LogP contribution < -0.4 is 0 Å². The van der Waals surface area contributed by atoms with Crippen LogP contribution >= 0.6 is 0 Å². The van der Waals surface area contributed by atoms with E-state index in [1.54, 1.807) is 6.20 Å². The number of hydrogen-bond donors (Lipinski definition) is 1. The van der Waals surface area contributed by atoms with Crippen molar-refractivity contribution in [1.82, 2.24) is 9.97 Å². The minimum atomic E-state index is -0.585. The van der Waals surface area contributed by atoms with Gasteiger partial charge in [0.1, 0.15) is 11.2 Å². The van der Waals surface area contributed by atoms with Gasteiger partial charge in [0.05, 0.1) is 18.0 Å². The van der Waals surface area contributed by atoms with Crippen molar-refractivity contribution in [1.29, 1.82) is 5.26 Å². The van der Waals surface area contributed by atoms with Crippen LogP contribution in [0.4, 0.5) is 0 Å². The second-order valence-electron chi connectivity index (χ2n) is 5.18. The normalized spacial score (nSPS) is 11.3. The Labute approximate surface area is 107 Å². The molecule has 0 saturated carbocycles. The Balaban J connectivity index is 2.42. The van der Waals surface area contributed by atoms with Crippen molar-refractivity contribution in [2.45, 2.75) is 33.1 Å². The van der Waals surface area contributed by atoms with Gasteiger partial charge in [-0.2, -0.15) is 5.26 Å². The lowest BCUT2D eigenvalue weighted by molar-refractivity contribution is 0.640. The first-order valence-corrected chi connectivity index (χ1v) is 5.98. The number of benzene rings is 1. The quantitative estimate of drug-likeness (QED) is 0.872. The Bertz CT molecular complexity index is 615. The third-order valence-electron chi connectivity index (χ3n) is 3.27. The number of hydrogen-bond acceptors (Lipinski definition) is 2. The summed E-state index contributed by atoms with van der Waals surface area (Å²) in [7, 11) is 0. The maximum atomic E-state index is 9.10. The zero-order chi connectivity index (χ0) is 13.3. The predicted molar refractivity (Wildman–Crippen MR) is 72.1 cm³/mol. The molecule has 1 N–H and O–H groups in total. The molecule has 0 bridgehead atoms. The third-order valence-corrected chi connectivity index (χ3v) is 3.27. The summed E-state index contributed by atoms with van der Waals surface area (Å²) in [6.07, 6.45) is 1.79. The van der Waals surface area contributed by atoms with Gasteiger partial charge in [0, 0.05) is 0 Å². The van der Waals surface area contributed by atoms with Gasteiger partial charge in [0.15, 0.2) is 0 Å². The number of aromatic amines is 1. The number of nitriles is 1. The topological polar surface area (TPSA) is 52.5 Å². The Kier molecular flexibility index (Phi) is 2.96. The molecule has 0 aliphatic heterocycles. The second kappa shape index (κ2) is 4.30. The molecule has 0 atom stereocenters. The van der Waals surface area contributed by atoms with Gasteiger partial charge >= 0.3 is 0 Å². The molecule has 0 unspecified atom stereocenters. The fourth-order valence-corrected chi connectivity index (χ4v) is 1.75. The van der Waals surface area contributed by atoms with Gasteiger partial charge in [-0.1, -0.05) is 12.1 Å².